The van der Waals surface area contributed by atoms with Crippen LogP contribution in [0.1, 0.15) is 18.1 Å². The van der Waals surface area contributed by atoms with Crippen molar-refractivity contribution >= 4 is 31.9 Å². The summed E-state index contributed by atoms with van der Waals surface area (Å²) >= 11 is 3.31. The number of hydrogen-bond acceptors (Lipinski definition) is 4. The number of nitrogens with zero attached hydrogens (tertiary/aromatic N) is 1. The zero-order chi connectivity index (χ0) is 18.4. The molecule has 0 fully saturated rings. The van der Waals surface area contributed by atoms with Crippen molar-refractivity contribution in [3.8, 4) is 0 Å². The normalized spacial score (nSPS) is 11.5. The van der Waals surface area contributed by atoms with Gasteiger partial charge in [-0.1, -0.05) is 36.4 Å². The number of sulfonamides is 1. The SMILES string of the molecule is CCOC(=O)CN(Cc1ccccc1)S(=O)(=O)c1ccc(C)cc1Br. The first-order chi connectivity index (χ1) is 11.8. The first-order valence-electron chi connectivity index (χ1n) is 7.80. The van der Waals surface area contributed by atoms with Crippen molar-refractivity contribution in [2.45, 2.75) is 25.3 Å². The monoisotopic (exact) mass is 425 g/mol. The predicted molar refractivity (Wildman–Crippen MR) is 99.5 cm³/mol. The van der Waals surface area contributed by atoms with Crippen LogP contribution >= 0.6 is 15.9 Å². The minimum atomic E-state index is -3.87. The van der Waals surface area contributed by atoms with Crippen LogP contribution in [-0.4, -0.2) is 31.8 Å². The number of hydrogen-bond donors (Lipinski definition) is 0. The highest BCUT2D eigenvalue weighted by Crippen LogP contribution is 2.27. The van der Waals surface area contributed by atoms with Crippen LogP contribution in [0.15, 0.2) is 57.9 Å². The summed E-state index contributed by atoms with van der Waals surface area (Å²) in [6.07, 6.45) is 0. The third-order valence-electron chi connectivity index (χ3n) is 3.52. The quantitative estimate of drug-likeness (QED) is 0.636. The Kier molecular flexibility index (Phi) is 6.75. The molecule has 0 radical (unpaired) electrons. The van der Waals surface area contributed by atoms with Gasteiger partial charge < -0.3 is 4.74 Å². The van der Waals surface area contributed by atoms with Gasteiger partial charge in [-0.15, -0.1) is 0 Å². The average molecular weight is 426 g/mol. The summed E-state index contributed by atoms with van der Waals surface area (Å²) < 4.78 is 32.7. The zero-order valence-electron chi connectivity index (χ0n) is 14.1. The number of ether oxygens (including phenoxy) is 1. The number of carbonyl (C=O) groups excluding carboxylic acids is 1. The number of esters is 1. The molecule has 0 unspecified atom stereocenters. The maximum atomic E-state index is 13.1. The highest BCUT2D eigenvalue weighted by molar-refractivity contribution is 9.10. The van der Waals surface area contributed by atoms with E-state index in [1.807, 2.05) is 37.3 Å². The molecule has 2 aromatic carbocycles. The van der Waals surface area contributed by atoms with Crippen LogP contribution < -0.4 is 0 Å². The van der Waals surface area contributed by atoms with Crippen molar-refractivity contribution in [1.29, 1.82) is 0 Å². The van der Waals surface area contributed by atoms with Gasteiger partial charge in [0.05, 0.1) is 11.5 Å². The molecule has 0 amide bonds. The summed E-state index contributed by atoms with van der Waals surface area (Å²) in [5.41, 5.74) is 1.73. The lowest BCUT2D eigenvalue weighted by atomic mass is 10.2. The second-order valence-corrected chi connectivity index (χ2v) is 8.26. The van der Waals surface area contributed by atoms with E-state index in [2.05, 4.69) is 15.9 Å². The Morgan fingerprint density at radius 3 is 2.44 bits per heavy atom. The van der Waals surface area contributed by atoms with Gasteiger partial charge in [0, 0.05) is 11.0 Å². The minimum Gasteiger partial charge on any atom is -0.465 e. The molecule has 0 spiro atoms. The second kappa shape index (κ2) is 8.60. The van der Waals surface area contributed by atoms with Gasteiger partial charge >= 0.3 is 5.97 Å². The number of benzene rings is 2. The van der Waals surface area contributed by atoms with Crippen molar-refractivity contribution in [3.05, 3.63) is 64.1 Å². The molecule has 134 valence electrons. The van der Waals surface area contributed by atoms with Crippen LogP contribution in [0, 0.1) is 6.92 Å². The largest absolute Gasteiger partial charge is 0.465 e. The van der Waals surface area contributed by atoms with Gasteiger partial charge in [0.1, 0.15) is 6.54 Å². The number of aryl methyl sites for hydroxylation is 1. The number of halogens is 1. The summed E-state index contributed by atoms with van der Waals surface area (Å²) in [5.74, 6) is -0.578. The van der Waals surface area contributed by atoms with E-state index in [9.17, 15) is 13.2 Å². The van der Waals surface area contributed by atoms with E-state index >= 15 is 0 Å². The Morgan fingerprint density at radius 2 is 1.84 bits per heavy atom. The van der Waals surface area contributed by atoms with E-state index in [1.165, 1.54) is 6.07 Å². The van der Waals surface area contributed by atoms with Gasteiger partial charge in [-0.25, -0.2) is 8.42 Å². The van der Waals surface area contributed by atoms with Crippen LogP contribution in [0.3, 0.4) is 0 Å². The number of rotatable bonds is 7. The third kappa shape index (κ3) is 5.14. The molecule has 0 heterocycles. The molecule has 0 atom stereocenters. The topological polar surface area (TPSA) is 63.7 Å². The van der Waals surface area contributed by atoms with Crippen LogP contribution in [0.4, 0.5) is 0 Å². The fraction of sp³-hybridized carbons (Fsp3) is 0.278. The molecule has 0 N–H and O–H groups in total. The molecule has 0 aliphatic rings. The minimum absolute atomic E-state index is 0.0856. The maximum Gasteiger partial charge on any atom is 0.321 e. The van der Waals surface area contributed by atoms with Crippen molar-refractivity contribution in [3.63, 3.8) is 0 Å². The van der Waals surface area contributed by atoms with Gasteiger partial charge in [-0.05, 0) is 53.0 Å². The average Bonchev–Trinajstić information content (AvgIpc) is 2.55. The smallest absolute Gasteiger partial charge is 0.321 e. The molecule has 5 nitrogen and oxygen atoms in total. The summed E-state index contributed by atoms with van der Waals surface area (Å²) in [5, 5.41) is 0. The first kappa shape index (κ1) is 19.6. The fourth-order valence-electron chi connectivity index (χ4n) is 2.32. The van der Waals surface area contributed by atoms with E-state index in [-0.39, 0.29) is 24.6 Å². The molecule has 0 saturated carbocycles. The Balaban J connectivity index is 2.39. The lowest BCUT2D eigenvalue weighted by molar-refractivity contribution is -0.143. The summed E-state index contributed by atoms with van der Waals surface area (Å²) in [7, 11) is -3.87. The lowest BCUT2D eigenvalue weighted by Gasteiger charge is -2.22. The third-order valence-corrected chi connectivity index (χ3v) is 6.29. The number of carbonyl (C=O) groups is 1. The second-order valence-electron chi connectivity index (χ2n) is 5.50. The van der Waals surface area contributed by atoms with Crippen molar-refractivity contribution < 1.29 is 17.9 Å². The Hall–Kier alpha value is -1.70. The summed E-state index contributed by atoms with van der Waals surface area (Å²) in [4.78, 5) is 12.0. The van der Waals surface area contributed by atoms with Crippen LogP contribution in [0.5, 0.6) is 0 Å². The van der Waals surface area contributed by atoms with Crippen molar-refractivity contribution in [1.82, 2.24) is 4.31 Å². The maximum absolute atomic E-state index is 13.1. The highest BCUT2D eigenvalue weighted by atomic mass is 79.9. The highest BCUT2D eigenvalue weighted by Gasteiger charge is 2.29. The molecule has 0 bridgehead atoms. The molecule has 7 heteroatoms. The van der Waals surface area contributed by atoms with Crippen molar-refractivity contribution in [2.24, 2.45) is 0 Å². The van der Waals surface area contributed by atoms with Crippen LogP contribution in [-0.2, 0) is 26.1 Å². The fourth-order valence-corrected chi connectivity index (χ4v) is 4.84. The van der Waals surface area contributed by atoms with Gasteiger partial charge in [0.25, 0.3) is 0 Å². The summed E-state index contributed by atoms with van der Waals surface area (Å²) in [6, 6.07) is 14.1. The molecule has 0 saturated heterocycles. The lowest BCUT2D eigenvalue weighted by Crippen LogP contribution is -2.36. The van der Waals surface area contributed by atoms with Gasteiger partial charge in [-0.3, -0.25) is 4.79 Å². The predicted octanol–water partition coefficient (Wildman–Crippen LogP) is 3.51. The molecule has 0 aromatic heterocycles. The van der Waals surface area contributed by atoms with E-state index in [4.69, 9.17) is 4.74 Å². The van der Waals surface area contributed by atoms with Gasteiger partial charge in [0.2, 0.25) is 10.0 Å². The Morgan fingerprint density at radius 1 is 1.16 bits per heavy atom. The van der Waals surface area contributed by atoms with E-state index in [0.717, 1.165) is 15.4 Å². The summed E-state index contributed by atoms with van der Waals surface area (Å²) in [6.45, 7) is 3.51. The van der Waals surface area contributed by atoms with Gasteiger partial charge in [0.15, 0.2) is 0 Å². The molecule has 0 aliphatic heterocycles. The van der Waals surface area contributed by atoms with Crippen LogP contribution in [0.2, 0.25) is 0 Å². The van der Waals surface area contributed by atoms with Crippen molar-refractivity contribution in [2.75, 3.05) is 13.2 Å². The molecule has 2 aromatic rings. The molecule has 25 heavy (non-hydrogen) atoms. The van der Waals surface area contributed by atoms with E-state index in [1.54, 1.807) is 19.1 Å². The Labute approximate surface area is 156 Å². The van der Waals surface area contributed by atoms with E-state index < -0.39 is 16.0 Å². The first-order valence-corrected chi connectivity index (χ1v) is 10.0. The zero-order valence-corrected chi connectivity index (χ0v) is 16.5. The molecular formula is C18H20BrNO4S. The van der Waals surface area contributed by atoms with Gasteiger partial charge in [-0.2, -0.15) is 4.31 Å². The van der Waals surface area contributed by atoms with Crippen LogP contribution in [0.25, 0.3) is 0 Å². The Bertz CT molecular complexity index is 837. The van der Waals surface area contributed by atoms with E-state index in [0.29, 0.717) is 4.47 Å². The molecular weight excluding hydrogens is 406 g/mol. The molecule has 2 rings (SSSR count). The molecule has 0 aliphatic carbocycles. The standard InChI is InChI=1S/C18H20BrNO4S/c1-3-24-18(21)13-20(12-15-7-5-4-6-8-15)25(22,23)17-10-9-14(2)11-16(17)19/h4-11H,3,12-13H2,1-2H3.